The third-order valence-electron chi connectivity index (χ3n) is 2.44. The van der Waals surface area contributed by atoms with E-state index in [1.807, 2.05) is 48.5 Å². The number of allylic oxidation sites excluding steroid dienone is 1. The van der Waals surface area contributed by atoms with Crippen LogP contribution < -0.4 is 0 Å². The van der Waals surface area contributed by atoms with Gasteiger partial charge < -0.3 is 0 Å². The van der Waals surface area contributed by atoms with Gasteiger partial charge in [-0.25, -0.2) is 0 Å². The Labute approximate surface area is 128 Å². The van der Waals surface area contributed by atoms with Gasteiger partial charge in [-0.15, -0.1) is 0 Å². The smallest absolute Gasteiger partial charge is 0.0998 e. The predicted molar refractivity (Wildman–Crippen MR) is 86.8 cm³/mol. The Bertz CT molecular complexity index is 624. The van der Waals surface area contributed by atoms with Gasteiger partial charge in [0.1, 0.15) is 0 Å². The summed E-state index contributed by atoms with van der Waals surface area (Å²) in [7, 11) is 0. The molecule has 0 bridgehead atoms. The third-order valence-corrected chi connectivity index (χ3v) is 3.64. The van der Waals surface area contributed by atoms with Gasteiger partial charge in [0, 0.05) is 8.04 Å². The van der Waals surface area contributed by atoms with E-state index < -0.39 is 0 Å². The average molecular weight is 410 g/mol. The molecule has 1 nitrogen and oxygen atoms in total. The van der Waals surface area contributed by atoms with Crippen LogP contribution in [0.15, 0.2) is 53.0 Å². The van der Waals surface area contributed by atoms with E-state index in [-0.39, 0.29) is 0 Å². The van der Waals surface area contributed by atoms with Crippen molar-refractivity contribution in [1.82, 2.24) is 0 Å². The fourth-order valence-corrected chi connectivity index (χ4v) is 2.40. The Morgan fingerprint density at radius 2 is 1.89 bits per heavy atom. The maximum absolute atomic E-state index is 9.25. The third kappa shape index (κ3) is 3.44. The summed E-state index contributed by atoms with van der Waals surface area (Å²) in [4.78, 5) is 0. The lowest BCUT2D eigenvalue weighted by Gasteiger charge is -2.00. The fraction of sp³-hybridized carbons (Fsp3) is 0. The van der Waals surface area contributed by atoms with Crippen molar-refractivity contribution in [3.05, 3.63) is 67.7 Å². The molecule has 0 aliphatic heterocycles. The van der Waals surface area contributed by atoms with E-state index in [4.69, 9.17) is 0 Å². The molecule has 0 N–H and O–H groups in total. The molecule has 0 aliphatic carbocycles. The van der Waals surface area contributed by atoms with Crippen molar-refractivity contribution in [2.24, 2.45) is 0 Å². The summed E-state index contributed by atoms with van der Waals surface area (Å²) < 4.78 is 2.17. The van der Waals surface area contributed by atoms with Crippen LogP contribution in [0.5, 0.6) is 0 Å². The van der Waals surface area contributed by atoms with Gasteiger partial charge in [-0.2, -0.15) is 5.26 Å². The number of benzene rings is 2. The molecular formula is C15H9BrIN. The Balaban J connectivity index is 2.40. The zero-order valence-electron chi connectivity index (χ0n) is 9.40. The summed E-state index contributed by atoms with van der Waals surface area (Å²) in [5.74, 6) is 0. The normalized spacial score (nSPS) is 11.1. The van der Waals surface area contributed by atoms with Crippen LogP contribution >= 0.6 is 38.5 Å². The predicted octanol–water partition coefficient (Wildman–Crippen LogP) is 5.12. The molecule has 0 aromatic heterocycles. The first kappa shape index (κ1) is 13.3. The van der Waals surface area contributed by atoms with Crippen LogP contribution in [-0.2, 0) is 0 Å². The average Bonchev–Trinajstić information content (AvgIpc) is 2.37. The summed E-state index contributed by atoms with van der Waals surface area (Å²) in [6.07, 6.45) is 1.91. The number of nitrogens with zero attached hydrogens (tertiary/aromatic N) is 1. The van der Waals surface area contributed by atoms with Crippen LogP contribution in [0.4, 0.5) is 0 Å². The van der Waals surface area contributed by atoms with Crippen molar-refractivity contribution in [2.75, 3.05) is 0 Å². The largest absolute Gasteiger partial charge is 0.192 e. The highest BCUT2D eigenvalue weighted by Crippen LogP contribution is 2.20. The first-order valence-electron chi connectivity index (χ1n) is 5.32. The summed E-state index contributed by atoms with van der Waals surface area (Å²) in [6, 6.07) is 18.1. The minimum atomic E-state index is 0.671. The van der Waals surface area contributed by atoms with E-state index in [9.17, 15) is 5.26 Å². The maximum Gasteiger partial charge on any atom is 0.0998 e. The Morgan fingerprint density at radius 1 is 1.17 bits per heavy atom. The number of hydrogen-bond donors (Lipinski definition) is 0. The van der Waals surface area contributed by atoms with E-state index in [0.717, 1.165) is 19.2 Å². The van der Waals surface area contributed by atoms with E-state index in [1.165, 1.54) is 0 Å². The van der Waals surface area contributed by atoms with Gasteiger partial charge in [0.2, 0.25) is 0 Å². The SMILES string of the molecule is N#C/C(=C/c1cccc(I)c1)c1ccc(Br)cc1. The molecule has 0 radical (unpaired) electrons. The number of nitriles is 1. The van der Waals surface area contributed by atoms with Gasteiger partial charge in [0.15, 0.2) is 0 Å². The van der Waals surface area contributed by atoms with Crippen molar-refractivity contribution in [1.29, 1.82) is 5.26 Å². The molecular weight excluding hydrogens is 401 g/mol. The van der Waals surface area contributed by atoms with Gasteiger partial charge in [0.05, 0.1) is 11.6 Å². The second-order valence-electron chi connectivity index (χ2n) is 3.73. The van der Waals surface area contributed by atoms with E-state index in [0.29, 0.717) is 5.57 Å². The van der Waals surface area contributed by atoms with Gasteiger partial charge in [0.25, 0.3) is 0 Å². The highest BCUT2D eigenvalue weighted by atomic mass is 127. The van der Waals surface area contributed by atoms with Crippen LogP contribution in [0.1, 0.15) is 11.1 Å². The molecule has 0 fully saturated rings. The zero-order chi connectivity index (χ0) is 13.0. The molecule has 0 amide bonds. The minimum Gasteiger partial charge on any atom is -0.192 e. The molecule has 0 spiro atoms. The van der Waals surface area contributed by atoms with Gasteiger partial charge in [-0.3, -0.25) is 0 Å². The molecule has 2 aromatic carbocycles. The highest BCUT2D eigenvalue weighted by molar-refractivity contribution is 14.1. The minimum absolute atomic E-state index is 0.671. The van der Waals surface area contributed by atoms with Crippen LogP contribution in [-0.4, -0.2) is 0 Å². The van der Waals surface area contributed by atoms with E-state index in [2.05, 4.69) is 50.7 Å². The quantitative estimate of drug-likeness (QED) is 0.383. The second kappa shape index (κ2) is 6.17. The van der Waals surface area contributed by atoms with Gasteiger partial charge in [-0.05, 0) is 64.1 Å². The monoisotopic (exact) mass is 409 g/mol. The van der Waals surface area contributed by atoms with E-state index >= 15 is 0 Å². The number of halogens is 2. The molecule has 2 rings (SSSR count). The highest BCUT2D eigenvalue weighted by Gasteiger charge is 2.01. The maximum atomic E-state index is 9.25. The molecule has 0 saturated carbocycles. The summed E-state index contributed by atoms with van der Waals surface area (Å²) in [5, 5.41) is 9.25. The summed E-state index contributed by atoms with van der Waals surface area (Å²) in [6.45, 7) is 0. The van der Waals surface area contributed by atoms with Crippen LogP contribution in [0.25, 0.3) is 11.6 Å². The Kier molecular flexibility index (Phi) is 4.56. The molecule has 2 aromatic rings. The van der Waals surface area contributed by atoms with Crippen LogP contribution in [0, 0.1) is 14.9 Å². The molecule has 88 valence electrons. The van der Waals surface area contributed by atoms with E-state index in [1.54, 1.807) is 0 Å². The van der Waals surface area contributed by atoms with Crippen molar-refractivity contribution in [2.45, 2.75) is 0 Å². The fourth-order valence-electron chi connectivity index (χ4n) is 1.57. The molecule has 0 heterocycles. The number of rotatable bonds is 2. The first-order valence-corrected chi connectivity index (χ1v) is 7.19. The van der Waals surface area contributed by atoms with Crippen molar-refractivity contribution in [3.63, 3.8) is 0 Å². The molecule has 0 unspecified atom stereocenters. The first-order chi connectivity index (χ1) is 8.69. The molecule has 3 heteroatoms. The standard InChI is InChI=1S/C15H9BrIN/c16-14-6-4-12(5-7-14)13(10-18)8-11-2-1-3-15(17)9-11/h1-9H/b13-8-. The topological polar surface area (TPSA) is 23.8 Å². The lowest BCUT2D eigenvalue weighted by Crippen LogP contribution is -1.82. The molecule has 18 heavy (non-hydrogen) atoms. The molecule has 0 saturated heterocycles. The van der Waals surface area contributed by atoms with Crippen molar-refractivity contribution < 1.29 is 0 Å². The summed E-state index contributed by atoms with van der Waals surface area (Å²) >= 11 is 5.65. The summed E-state index contributed by atoms with van der Waals surface area (Å²) in [5.41, 5.74) is 2.64. The van der Waals surface area contributed by atoms with Crippen LogP contribution in [0.2, 0.25) is 0 Å². The lowest BCUT2D eigenvalue weighted by molar-refractivity contribution is 1.51. The zero-order valence-corrected chi connectivity index (χ0v) is 13.1. The second-order valence-corrected chi connectivity index (χ2v) is 5.89. The van der Waals surface area contributed by atoms with Crippen molar-refractivity contribution in [3.8, 4) is 6.07 Å². The Hall–Kier alpha value is -1.12. The van der Waals surface area contributed by atoms with Crippen LogP contribution in [0.3, 0.4) is 0 Å². The van der Waals surface area contributed by atoms with Crippen molar-refractivity contribution >= 4 is 50.2 Å². The lowest BCUT2D eigenvalue weighted by atomic mass is 10.0. The Morgan fingerprint density at radius 3 is 2.50 bits per heavy atom. The van der Waals surface area contributed by atoms with Gasteiger partial charge in [-0.1, -0.05) is 40.2 Å². The molecule has 0 atom stereocenters. The number of hydrogen-bond acceptors (Lipinski definition) is 1. The molecule has 0 aliphatic rings. The van der Waals surface area contributed by atoms with Gasteiger partial charge >= 0.3 is 0 Å².